The van der Waals surface area contributed by atoms with Crippen LogP contribution in [0, 0.1) is 13.8 Å². The number of ether oxygens (including phenoxy) is 1. The molecule has 0 unspecified atom stereocenters. The summed E-state index contributed by atoms with van der Waals surface area (Å²) in [7, 11) is 0. The fraction of sp³-hybridized carbons (Fsp3) is 0.214. The zero-order valence-electron chi connectivity index (χ0n) is 10.1. The minimum absolute atomic E-state index is 0.512. The summed E-state index contributed by atoms with van der Waals surface area (Å²) in [6.45, 7) is 4.46. The Kier molecular flexibility index (Phi) is 3.40. The summed E-state index contributed by atoms with van der Waals surface area (Å²) in [5.41, 5.74) is 8.68. The Labute approximate surface area is 101 Å². The smallest absolute Gasteiger partial charge is 0.219 e. The van der Waals surface area contributed by atoms with Crippen molar-refractivity contribution in [3.05, 3.63) is 53.2 Å². The highest BCUT2D eigenvalue weighted by atomic mass is 16.5. The van der Waals surface area contributed by atoms with Crippen LogP contribution in [0.4, 0.5) is 0 Å². The molecular weight excluding hydrogens is 212 g/mol. The largest absolute Gasteiger partial charge is 0.439 e. The quantitative estimate of drug-likeness (QED) is 0.878. The van der Waals surface area contributed by atoms with Gasteiger partial charge >= 0.3 is 0 Å². The van der Waals surface area contributed by atoms with Gasteiger partial charge in [-0.25, -0.2) is 4.98 Å². The van der Waals surface area contributed by atoms with Crippen LogP contribution in [0.25, 0.3) is 0 Å². The van der Waals surface area contributed by atoms with Crippen molar-refractivity contribution in [3.8, 4) is 11.6 Å². The van der Waals surface area contributed by atoms with Gasteiger partial charge in [0.2, 0.25) is 5.88 Å². The number of aromatic nitrogens is 1. The van der Waals surface area contributed by atoms with E-state index in [1.54, 1.807) is 0 Å². The first kappa shape index (κ1) is 11.6. The maximum atomic E-state index is 5.77. The molecular formula is C14H16N2O. The third-order valence-corrected chi connectivity index (χ3v) is 2.57. The van der Waals surface area contributed by atoms with E-state index in [0.717, 1.165) is 22.6 Å². The lowest BCUT2D eigenvalue weighted by Crippen LogP contribution is -1.98. The Balaban J connectivity index is 2.29. The maximum absolute atomic E-state index is 5.77. The van der Waals surface area contributed by atoms with Crippen LogP contribution >= 0.6 is 0 Å². The highest BCUT2D eigenvalue weighted by molar-refractivity contribution is 5.38. The first-order chi connectivity index (χ1) is 8.19. The summed E-state index contributed by atoms with van der Waals surface area (Å²) in [5.74, 6) is 1.42. The first-order valence-corrected chi connectivity index (χ1v) is 5.60. The van der Waals surface area contributed by atoms with Crippen molar-refractivity contribution < 1.29 is 4.74 Å². The zero-order chi connectivity index (χ0) is 12.3. The van der Waals surface area contributed by atoms with Crippen LogP contribution in [0.15, 0.2) is 36.4 Å². The molecule has 0 saturated heterocycles. The lowest BCUT2D eigenvalue weighted by Gasteiger charge is -2.09. The van der Waals surface area contributed by atoms with Crippen LogP contribution in [0.3, 0.4) is 0 Å². The molecule has 0 atom stereocenters. The number of aryl methyl sites for hydroxylation is 2. The fourth-order valence-corrected chi connectivity index (χ4v) is 1.57. The standard InChI is InChI=1S/C14H16N2O/c1-10-6-7-12(9-15)8-13(10)17-14-5-3-4-11(2)16-14/h3-8H,9,15H2,1-2H3. The number of hydrogen-bond donors (Lipinski definition) is 1. The van der Waals surface area contributed by atoms with Crippen LogP contribution in [0.2, 0.25) is 0 Å². The van der Waals surface area contributed by atoms with Crippen LogP contribution < -0.4 is 10.5 Å². The van der Waals surface area contributed by atoms with E-state index in [-0.39, 0.29) is 0 Å². The molecule has 2 aromatic rings. The second-order valence-corrected chi connectivity index (χ2v) is 4.02. The Morgan fingerprint density at radius 1 is 1.18 bits per heavy atom. The highest BCUT2D eigenvalue weighted by Gasteiger charge is 2.03. The molecule has 3 nitrogen and oxygen atoms in total. The second kappa shape index (κ2) is 4.97. The molecule has 0 spiro atoms. The van der Waals surface area contributed by atoms with Crippen molar-refractivity contribution in [2.24, 2.45) is 5.73 Å². The SMILES string of the molecule is Cc1cccc(Oc2cc(CN)ccc2C)n1. The van der Waals surface area contributed by atoms with Gasteiger partial charge in [0.25, 0.3) is 0 Å². The van der Waals surface area contributed by atoms with Crippen molar-refractivity contribution >= 4 is 0 Å². The van der Waals surface area contributed by atoms with Gasteiger partial charge in [-0.05, 0) is 37.1 Å². The predicted octanol–water partition coefficient (Wildman–Crippen LogP) is 2.95. The number of benzene rings is 1. The number of hydrogen-bond acceptors (Lipinski definition) is 3. The molecule has 88 valence electrons. The summed E-state index contributed by atoms with van der Waals surface area (Å²) in [5, 5.41) is 0. The molecule has 0 saturated carbocycles. The van der Waals surface area contributed by atoms with Gasteiger partial charge in [-0.2, -0.15) is 0 Å². The first-order valence-electron chi connectivity index (χ1n) is 5.60. The van der Waals surface area contributed by atoms with E-state index in [4.69, 9.17) is 10.5 Å². The normalized spacial score (nSPS) is 10.3. The summed E-state index contributed by atoms with van der Waals surface area (Å²) in [6, 6.07) is 11.7. The zero-order valence-corrected chi connectivity index (χ0v) is 10.1. The van der Waals surface area contributed by atoms with Crippen LogP contribution in [0.5, 0.6) is 11.6 Å². The van der Waals surface area contributed by atoms with Gasteiger partial charge in [-0.15, -0.1) is 0 Å². The number of nitrogens with zero attached hydrogens (tertiary/aromatic N) is 1. The average molecular weight is 228 g/mol. The van der Waals surface area contributed by atoms with E-state index in [2.05, 4.69) is 4.98 Å². The molecule has 2 rings (SSSR count). The molecule has 2 N–H and O–H groups in total. The van der Waals surface area contributed by atoms with Gasteiger partial charge in [0.05, 0.1) is 0 Å². The molecule has 0 amide bonds. The monoisotopic (exact) mass is 228 g/mol. The van der Waals surface area contributed by atoms with Crippen LogP contribution in [-0.4, -0.2) is 4.98 Å². The maximum Gasteiger partial charge on any atom is 0.219 e. The predicted molar refractivity (Wildman–Crippen MR) is 68.1 cm³/mol. The van der Waals surface area contributed by atoms with Crippen molar-refractivity contribution in [1.29, 1.82) is 0 Å². The molecule has 0 fully saturated rings. The lowest BCUT2D eigenvalue weighted by atomic mass is 10.1. The minimum Gasteiger partial charge on any atom is -0.439 e. The van der Waals surface area contributed by atoms with Crippen molar-refractivity contribution in [2.45, 2.75) is 20.4 Å². The Bertz CT molecular complexity index is 523. The fourth-order valence-electron chi connectivity index (χ4n) is 1.57. The topological polar surface area (TPSA) is 48.1 Å². The summed E-state index contributed by atoms with van der Waals surface area (Å²) >= 11 is 0. The van der Waals surface area contributed by atoms with Crippen molar-refractivity contribution in [2.75, 3.05) is 0 Å². The van der Waals surface area contributed by atoms with Gasteiger partial charge in [0, 0.05) is 18.3 Å². The molecule has 0 aliphatic rings. The van der Waals surface area contributed by atoms with Gasteiger partial charge in [0.1, 0.15) is 5.75 Å². The van der Waals surface area contributed by atoms with E-state index in [9.17, 15) is 0 Å². The average Bonchev–Trinajstić information content (AvgIpc) is 2.32. The molecule has 3 heteroatoms. The number of pyridine rings is 1. The molecule has 17 heavy (non-hydrogen) atoms. The van der Waals surface area contributed by atoms with E-state index in [0.29, 0.717) is 12.4 Å². The van der Waals surface area contributed by atoms with Crippen LogP contribution in [-0.2, 0) is 6.54 Å². The third kappa shape index (κ3) is 2.82. The van der Waals surface area contributed by atoms with Gasteiger partial charge < -0.3 is 10.5 Å². The molecule has 1 heterocycles. The van der Waals surface area contributed by atoms with E-state index < -0.39 is 0 Å². The van der Waals surface area contributed by atoms with Gasteiger partial charge in [-0.1, -0.05) is 18.2 Å². The van der Waals surface area contributed by atoms with Crippen molar-refractivity contribution in [1.82, 2.24) is 4.98 Å². The Morgan fingerprint density at radius 3 is 2.71 bits per heavy atom. The Hall–Kier alpha value is -1.87. The summed E-state index contributed by atoms with van der Waals surface area (Å²) in [6.07, 6.45) is 0. The summed E-state index contributed by atoms with van der Waals surface area (Å²) < 4.78 is 5.77. The van der Waals surface area contributed by atoms with Gasteiger partial charge in [-0.3, -0.25) is 0 Å². The lowest BCUT2D eigenvalue weighted by molar-refractivity contribution is 0.457. The molecule has 1 aromatic carbocycles. The Morgan fingerprint density at radius 2 is 2.00 bits per heavy atom. The molecule has 1 aromatic heterocycles. The third-order valence-electron chi connectivity index (χ3n) is 2.57. The molecule has 0 bridgehead atoms. The molecule has 0 aliphatic carbocycles. The minimum atomic E-state index is 0.512. The molecule has 0 radical (unpaired) electrons. The summed E-state index contributed by atoms with van der Waals surface area (Å²) in [4.78, 5) is 4.31. The highest BCUT2D eigenvalue weighted by Crippen LogP contribution is 2.24. The molecule has 0 aliphatic heterocycles. The van der Waals surface area contributed by atoms with Crippen molar-refractivity contribution in [3.63, 3.8) is 0 Å². The van der Waals surface area contributed by atoms with E-state index in [1.165, 1.54) is 0 Å². The van der Waals surface area contributed by atoms with Crippen LogP contribution in [0.1, 0.15) is 16.8 Å². The number of nitrogens with two attached hydrogens (primary N) is 1. The second-order valence-electron chi connectivity index (χ2n) is 4.02. The van der Waals surface area contributed by atoms with E-state index >= 15 is 0 Å². The number of rotatable bonds is 3. The van der Waals surface area contributed by atoms with E-state index in [1.807, 2.05) is 50.2 Å². The van der Waals surface area contributed by atoms with Gasteiger partial charge in [0.15, 0.2) is 0 Å².